The molecule has 0 aliphatic carbocycles. The molecule has 0 radical (unpaired) electrons. The maximum Gasteiger partial charge on any atom is 0.335 e. The summed E-state index contributed by atoms with van der Waals surface area (Å²) in [5.74, 6) is -1.42. The van der Waals surface area contributed by atoms with Crippen LogP contribution in [0.25, 0.3) is 5.57 Å². The van der Waals surface area contributed by atoms with Gasteiger partial charge in [-0.25, -0.2) is 9.18 Å². The molecule has 4 heteroatoms. The van der Waals surface area contributed by atoms with Crippen LogP contribution in [0.1, 0.15) is 19.4 Å². The Morgan fingerprint density at radius 1 is 1.50 bits per heavy atom. The summed E-state index contributed by atoms with van der Waals surface area (Å²) in [6.07, 6.45) is 1.60. The van der Waals surface area contributed by atoms with Crippen LogP contribution in [0.15, 0.2) is 28.7 Å². The van der Waals surface area contributed by atoms with Crippen molar-refractivity contribution in [1.82, 2.24) is 0 Å². The number of carboxylic acid groups (broad SMARTS) is 1. The second-order valence-corrected chi connectivity index (χ2v) is 4.61. The van der Waals surface area contributed by atoms with Crippen LogP contribution < -0.4 is 0 Å². The molecular weight excluding hydrogens is 275 g/mol. The molecule has 1 aromatic rings. The lowest BCUT2D eigenvalue weighted by atomic mass is 10.0. The summed E-state index contributed by atoms with van der Waals surface area (Å²) in [5, 5.41) is 9.03. The van der Waals surface area contributed by atoms with Crippen LogP contribution in [0.3, 0.4) is 0 Å². The van der Waals surface area contributed by atoms with Crippen molar-refractivity contribution in [3.63, 3.8) is 0 Å². The van der Waals surface area contributed by atoms with Crippen LogP contribution in [0.2, 0.25) is 0 Å². The van der Waals surface area contributed by atoms with Gasteiger partial charge < -0.3 is 5.11 Å². The van der Waals surface area contributed by atoms with Crippen molar-refractivity contribution < 1.29 is 14.3 Å². The van der Waals surface area contributed by atoms with Gasteiger partial charge in [0.25, 0.3) is 0 Å². The number of aliphatic carboxylic acids is 1. The first-order chi connectivity index (χ1) is 7.41. The smallest absolute Gasteiger partial charge is 0.335 e. The van der Waals surface area contributed by atoms with Gasteiger partial charge in [-0.15, -0.1) is 0 Å². The predicted octanol–water partition coefficient (Wildman–Crippen LogP) is 3.71. The topological polar surface area (TPSA) is 37.3 Å². The largest absolute Gasteiger partial charge is 0.478 e. The first kappa shape index (κ1) is 12.9. The molecule has 1 aromatic carbocycles. The highest BCUT2D eigenvalue weighted by molar-refractivity contribution is 9.10. The van der Waals surface area contributed by atoms with E-state index in [1.807, 2.05) is 13.8 Å². The summed E-state index contributed by atoms with van der Waals surface area (Å²) in [5.41, 5.74) is 0.503. The van der Waals surface area contributed by atoms with Gasteiger partial charge in [-0.05, 0) is 39.5 Å². The number of carboxylic acids is 1. The molecule has 16 heavy (non-hydrogen) atoms. The SMILES string of the molecule is CC(C)C=C(C(=O)O)c1ccc(Br)c(F)c1. The second kappa shape index (κ2) is 5.25. The van der Waals surface area contributed by atoms with E-state index in [9.17, 15) is 9.18 Å². The van der Waals surface area contributed by atoms with Crippen molar-refractivity contribution >= 4 is 27.5 Å². The van der Waals surface area contributed by atoms with Crippen molar-refractivity contribution in [2.75, 3.05) is 0 Å². The lowest BCUT2D eigenvalue weighted by Gasteiger charge is -2.05. The highest BCUT2D eigenvalue weighted by Gasteiger charge is 2.12. The molecule has 0 bridgehead atoms. The standard InChI is InChI=1S/C12H12BrFO2/c1-7(2)5-9(12(15)16)8-3-4-10(13)11(14)6-8/h3-7H,1-2H3,(H,15,16). The molecule has 0 atom stereocenters. The summed E-state index contributed by atoms with van der Waals surface area (Å²) < 4.78 is 13.6. The molecule has 2 nitrogen and oxygen atoms in total. The van der Waals surface area contributed by atoms with Crippen LogP contribution >= 0.6 is 15.9 Å². The summed E-state index contributed by atoms with van der Waals surface area (Å²) in [4.78, 5) is 11.0. The van der Waals surface area contributed by atoms with E-state index >= 15 is 0 Å². The van der Waals surface area contributed by atoms with Crippen molar-refractivity contribution in [3.8, 4) is 0 Å². The number of benzene rings is 1. The molecule has 0 aliphatic rings. The van der Waals surface area contributed by atoms with E-state index in [4.69, 9.17) is 5.11 Å². The van der Waals surface area contributed by atoms with Crippen molar-refractivity contribution in [1.29, 1.82) is 0 Å². The van der Waals surface area contributed by atoms with Crippen LogP contribution in [-0.2, 0) is 4.79 Å². The molecule has 1 N–H and O–H groups in total. The molecule has 0 unspecified atom stereocenters. The average Bonchev–Trinajstić information content (AvgIpc) is 2.18. The second-order valence-electron chi connectivity index (χ2n) is 3.76. The Hall–Kier alpha value is -1.16. The van der Waals surface area contributed by atoms with Crippen LogP contribution in [0.5, 0.6) is 0 Å². The molecule has 86 valence electrons. The van der Waals surface area contributed by atoms with E-state index in [1.165, 1.54) is 12.1 Å². The first-order valence-electron chi connectivity index (χ1n) is 4.82. The zero-order valence-electron chi connectivity index (χ0n) is 9.00. The van der Waals surface area contributed by atoms with Crippen LogP contribution in [-0.4, -0.2) is 11.1 Å². The van der Waals surface area contributed by atoms with Gasteiger partial charge in [-0.3, -0.25) is 0 Å². The number of rotatable bonds is 3. The number of hydrogen-bond donors (Lipinski definition) is 1. The van der Waals surface area contributed by atoms with Gasteiger partial charge in [0.05, 0.1) is 10.0 Å². The third kappa shape index (κ3) is 3.17. The summed E-state index contributed by atoms with van der Waals surface area (Å²) in [6.45, 7) is 3.75. The minimum absolute atomic E-state index is 0.0952. The highest BCUT2D eigenvalue weighted by Crippen LogP contribution is 2.22. The summed E-state index contributed by atoms with van der Waals surface area (Å²) >= 11 is 3.02. The van der Waals surface area contributed by atoms with Crippen LogP contribution in [0, 0.1) is 11.7 Å². The van der Waals surface area contributed by atoms with E-state index in [0.717, 1.165) is 0 Å². The molecule has 0 fully saturated rings. The van der Waals surface area contributed by atoms with Gasteiger partial charge in [-0.2, -0.15) is 0 Å². The Labute approximate surface area is 102 Å². The van der Waals surface area contributed by atoms with Gasteiger partial charge in [0, 0.05) is 0 Å². The Bertz CT molecular complexity index is 439. The van der Waals surface area contributed by atoms with E-state index in [2.05, 4.69) is 15.9 Å². The molecular formula is C12H12BrFO2. The minimum atomic E-state index is -1.05. The van der Waals surface area contributed by atoms with Gasteiger partial charge in [-0.1, -0.05) is 26.0 Å². The monoisotopic (exact) mass is 286 g/mol. The van der Waals surface area contributed by atoms with Gasteiger partial charge in [0.15, 0.2) is 0 Å². The van der Waals surface area contributed by atoms with E-state index < -0.39 is 11.8 Å². The molecule has 0 spiro atoms. The van der Waals surface area contributed by atoms with E-state index in [0.29, 0.717) is 10.0 Å². The minimum Gasteiger partial charge on any atom is -0.478 e. The molecule has 0 saturated carbocycles. The Balaban J connectivity index is 3.22. The lowest BCUT2D eigenvalue weighted by Crippen LogP contribution is -2.02. The van der Waals surface area contributed by atoms with Gasteiger partial charge >= 0.3 is 5.97 Å². The van der Waals surface area contributed by atoms with Gasteiger partial charge in [0.1, 0.15) is 5.82 Å². The fourth-order valence-corrected chi connectivity index (χ4v) is 1.53. The average molecular weight is 287 g/mol. The third-order valence-corrected chi connectivity index (χ3v) is 2.60. The molecule has 0 amide bonds. The predicted molar refractivity (Wildman–Crippen MR) is 64.6 cm³/mol. The lowest BCUT2D eigenvalue weighted by molar-refractivity contribution is -0.130. The summed E-state index contributed by atoms with van der Waals surface area (Å²) in [6, 6.07) is 4.30. The Morgan fingerprint density at radius 2 is 2.12 bits per heavy atom. The number of hydrogen-bond acceptors (Lipinski definition) is 1. The summed E-state index contributed by atoms with van der Waals surface area (Å²) in [7, 11) is 0. The fourth-order valence-electron chi connectivity index (χ4n) is 1.29. The maximum atomic E-state index is 13.3. The molecule has 0 aromatic heterocycles. The zero-order chi connectivity index (χ0) is 12.3. The molecule has 0 aliphatic heterocycles. The van der Waals surface area contributed by atoms with E-state index in [-0.39, 0.29) is 11.5 Å². The zero-order valence-corrected chi connectivity index (χ0v) is 10.6. The molecule has 1 rings (SSSR count). The van der Waals surface area contributed by atoms with E-state index in [1.54, 1.807) is 12.1 Å². The highest BCUT2D eigenvalue weighted by atomic mass is 79.9. The number of carbonyl (C=O) groups is 1. The number of allylic oxidation sites excluding steroid dienone is 1. The Kier molecular flexibility index (Phi) is 4.24. The Morgan fingerprint density at radius 3 is 2.56 bits per heavy atom. The molecule has 0 heterocycles. The third-order valence-electron chi connectivity index (χ3n) is 1.96. The van der Waals surface area contributed by atoms with Crippen molar-refractivity contribution in [3.05, 3.63) is 40.1 Å². The fraction of sp³-hybridized carbons (Fsp3) is 0.250. The molecule has 0 saturated heterocycles. The quantitative estimate of drug-likeness (QED) is 0.860. The van der Waals surface area contributed by atoms with Crippen LogP contribution in [0.4, 0.5) is 4.39 Å². The van der Waals surface area contributed by atoms with Crippen molar-refractivity contribution in [2.45, 2.75) is 13.8 Å². The number of halogens is 2. The normalized spacial score (nSPS) is 11.9. The maximum absolute atomic E-state index is 13.3. The van der Waals surface area contributed by atoms with Crippen molar-refractivity contribution in [2.24, 2.45) is 5.92 Å². The first-order valence-corrected chi connectivity index (χ1v) is 5.61. The van der Waals surface area contributed by atoms with Gasteiger partial charge in [0.2, 0.25) is 0 Å².